The molecule has 0 aromatic heterocycles. The van der Waals surface area contributed by atoms with Crippen molar-refractivity contribution in [1.82, 2.24) is 10.2 Å². The Balaban J connectivity index is 1.52. The van der Waals surface area contributed by atoms with Crippen LogP contribution in [0.5, 0.6) is 0 Å². The molecule has 2 saturated carbocycles. The summed E-state index contributed by atoms with van der Waals surface area (Å²) in [7, 11) is 0. The Labute approximate surface area is 144 Å². The van der Waals surface area contributed by atoms with Gasteiger partial charge in [0.05, 0.1) is 0 Å². The highest BCUT2D eigenvalue weighted by molar-refractivity contribution is 4.91. The predicted molar refractivity (Wildman–Crippen MR) is 99.7 cm³/mol. The van der Waals surface area contributed by atoms with Crippen molar-refractivity contribution in [3.05, 3.63) is 0 Å². The normalized spacial score (nSPS) is 32.9. The maximum absolute atomic E-state index is 3.99. The lowest BCUT2D eigenvalue weighted by Gasteiger charge is -2.47. The highest BCUT2D eigenvalue weighted by Crippen LogP contribution is 2.35. The van der Waals surface area contributed by atoms with Crippen molar-refractivity contribution in [3.8, 4) is 0 Å². The molecule has 0 radical (unpaired) electrons. The zero-order valence-corrected chi connectivity index (χ0v) is 15.9. The summed E-state index contributed by atoms with van der Waals surface area (Å²) in [4.78, 5) is 2.84. The first-order chi connectivity index (χ1) is 11.1. The van der Waals surface area contributed by atoms with Gasteiger partial charge >= 0.3 is 0 Å². The van der Waals surface area contributed by atoms with E-state index in [2.05, 4.69) is 31.0 Å². The van der Waals surface area contributed by atoms with E-state index in [4.69, 9.17) is 0 Å². The van der Waals surface area contributed by atoms with E-state index >= 15 is 0 Å². The van der Waals surface area contributed by atoms with Gasteiger partial charge in [0.15, 0.2) is 0 Å². The largest absolute Gasteiger partial charge is 0.312 e. The Morgan fingerprint density at radius 3 is 2.22 bits per heavy atom. The molecule has 3 unspecified atom stereocenters. The standard InChI is InChI=1S/C21H40N2/c1-16(2)20-12-21(22-13-18-8-5-4-6-9-18)15-23(14-20)17(3)19-10-7-11-19/h16-22H,4-15H2,1-3H3. The molecule has 1 heterocycles. The summed E-state index contributed by atoms with van der Waals surface area (Å²) < 4.78 is 0. The lowest BCUT2D eigenvalue weighted by Crippen LogP contribution is -2.55. The van der Waals surface area contributed by atoms with Crippen LogP contribution in [0.15, 0.2) is 0 Å². The Morgan fingerprint density at radius 1 is 0.870 bits per heavy atom. The van der Waals surface area contributed by atoms with E-state index in [1.54, 1.807) is 0 Å². The molecule has 0 aromatic carbocycles. The molecule has 0 spiro atoms. The maximum atomic E-state index is 3.99. The molecule has 1 saturated heterocycles. The van der Waals surface area contributed by atoms with Crippen molar-refractivity contribution in [2.75, 3.05) is 19.6 Å². The van der Waals surface area contributed by atoms with Gasteiger partial charge in [-0.1, -0.05) is 39.5 Å². The second-order valence-corrected chi connectivity index (χ2v) is 9.23. The summed E-state index contributed by atoms with van der Waals surface area (Å²) in [6.07, 6.45) is 13.2. The van der Waals surface area contributed by atoms with Gasteiger partial charge in [-0.25, -0.2) is 0 Å². The van der Waals surface area contributed by atoms with Crippen LogP contribution in [-0.4, -0.2) is 36.6 Å². The minimum Gasteiger partial charge on any atom is -0.312 e. The Kier molecular flexibility index (Phi) is 6.43. The average Bonchev–Trinajstić information content (AvgIpc) is 2.52. The predicted octanol–water partition coefficient (Wildman–Crippen LogP) is 4.69. The van der Waals surface area contributed by atoms with Crippen molar-refractivity contribution in [1.29, 1.82) is 0 Å². The van der Waals surface area contributed by atoms with E-state index in [0.29, 0.717) is 0 Å². The summed E-state index contributed by atoms with van der Waals surface area (Å²) >= 11 is 0. The van der Waals surface area contributed by atoms with Crippen LogP contribution in [0, 0.1) is 23.7 Å². The lowest BCUT2D eigenvalue weighted by molar-refractivity contribution is 0.0387. The molecule has 0 bridgehead atoms. The third-order valence-electron chi connectivity index (χ3n) is 7.28. The zero-order chi connectivity index (χ0) is 16.2. The molecule has 2 nitrogen and oxygen atoms in total. The fraction of sp³-hybridized carbons (Fsp3) is 1.00. The molecule has 2 aliphatic carbocycles. The molecule has 3 atom stereocenters. The van der Waals surface area contributed by atoms with Crippen molar-refractivity contribution in [2.45, 2.75) is 90.6 Å². The van der Waals surface area contributed by atoms with Gasteiger partial charge in [-0.3, -0.25) is 4.90 Å². The van der Waals surface area contributed by atoms with E-state index in [9.17, 15) is 0 Å². The smallest absolute Gasteiger partial charge is 0.0198 e. The van der Waals surface area contributed by atoms with Crippen LogP contribution in [0.2, 0.25) is 0 Å². The first-order valence-corrected chi connectivity index (χ1v) is 10.6. The lowest BCUT2D eigenvalue weighted by atomic mass is 9.77. The van der Waals surface area contributed by atoms with Crippen LogP contribution in [0.25, 0.3) is 0 Å². The molecule has 1 N–H and O–H groups in total. The van der Waals surface area contributed by atoms with Crippen molar-refractivity contribution in [3.63, 3.8) is 0 Å². The van der Waals surface area contributed by atoms with Gasteiger partial charge in [-0.2, -0.15) is 0 Å². The second-order valence-electron chi connectivity index (χ2n) is 9.23. The molecule has 3 aliphatic rings. The molecular weight excluding hydrogens is 280 g/mol. The van der Waals surface area contributed by atoms with Crippen LogP contribution in [0.3, 0.4) is 0 Å². The van der Waals surface area contributed by atoms with Crippen molar-refractivity contribution < 1.29 is 0 Å². The van der Waals surface area contributed by atoms with Gasteiger partial charge in [0.1, 0.15) is 0 Å². The molecule has 23 heavy (non-hydrogen) atoms. The third kappa shape index (κ3) is 4.72. The van der Waals surface area contributed by atoms with Gasteiger partial charge < -0.3 is 5.32 Å². The third-order valence-corrected chi connectivity index (χ3v) is 7.28. The van der Waals surface area contributed by atoms with Gasteiger partial charge in [0.25, 0.3) is 0 Å². The molecule has 2 heteroatoms. The highest BCUT2D eigenvalue weighted by atomic mass is 15.2. The molecule has 0 amide bonds. The van der Waals surface area contributed by atoms with E-state index in [0.717, 1.165) is 35.8 Å². The van der Waals surface area contributed by atoms with Crippen molar-refractivity contribution in [2.24, 2.45) is 23.7 Å². The van der Waals surface area contributed by atoms with E-state index in [-0.39, 0.29) is 0 Å². The van der Waals surface area contributed by atoms with Gasteiger partial charge in [-0.05, 0) is 69.2 Å². The fourth-order valence-electron chi connectivity index (χ4n) is 5.08. The van der Waals surface area contributed by atoms with Gasteiger partial charge in [0, 0.05) is 25.2 Å². The quantitative estimate of drug-likeness (QED) is 0.763. The summed E-state index contributed by atoms with van der Waals surface area (Å²) in [5.74, 6) is 3.65. The summed E-state index contributed by atoms with van der Waals surface area (Å²) in [6.45, 7) is 11.3. The van der Waals surface area contributed by atoms with Crippen LogP contribution in [-0.2, 0) is 0 Å². The average molecular weight is 321 g/mol. The number of rotatable bonds is 6. The summed E-state index contributed by atoms with van der Waals surface area (Å²) in [5, 5.41) is 3.99. The zero-order valence-electron chi connectivity index (χ0n) is 15.9. The van der Waals surface area contributed by atoms with E-state index in [1.807, 2.05) is 0 Å². The minimum atomic E-state index is 0.737. The molecule has 0 aromatic rings. The van der Waals surface area contributed by atoms with Crippen LogP contribution in [0.4, 0.5) is 0 Å². The number of piperidine rings is 1. The molecule has 134 valence electrons. The minimum absolute atomic E-state index is 0.737. The van der Waals surface area contributed by atoms with Gasteiger partial charge in [0.2, 0.25) is 0 Å². The monoisotopic (exact) mass is 320 g/mol. The Bertz CT molecular complexity index is 344. The molecule has 1 aliphatic heterocycles. The number of nitrogens with zero attached hydrogens (tertiary/aromatic N) is 1. The van der Waals surface area contributed by atoms with Crippen LogP contribution < -0.4 is 5.32 Å². The molecule has 3 fully saturated rings. The Hall–Kier alpha value is -0.0800. The first-order valence-electron chi connectivity index (χ1n) is 10.6. The van der Waals surface area contributed by atoms with Crippen LogP contribution >= 0.6 is 0 Å². The number of likely N-dealkylation sites (tertiary alicyclic amines) is 1. The number of nitrogens with one attached hydrogen (secondary N) is 1. The van der Waals surface area contributed by atoms with Crippen molar-refractivity contribution >= 4 is 0 Å². The topological polar surface area (TPSA) is 15.3 Å². The molecule has 3 rings (SSSR count). The highest BCUT2D eigenvalue weighted by Gasteiger charge is 2.35. The van der Waals surface area contributed by atoms with Gasteiger partial charge in [-0.15, -0.1) is 0 Å². The van der Waals surface area contributed by atoms with E-state index < -0.39 is 0 Å². The summed E-state index contributed by atoms with van der Waals surface area (Å²) in [6, 6.07) is 1.55. The maximum Gasteiger partial charge on any atom is 0.0198 e. The SMILES string of the molecule is CC(C)C1CC(NCC2CCCCC2)CN(C(C)C2CCC2)C1. The van der Waals surface area contributed by atoms with Crippen LogP contribution in [0.1, 0.15) is 78.6 Å². The Morgan fingerprint density at radius 2 is 1.61 bits per heavy atom. The first kappa shape index (κ1) is 17.7. The number of hydrogen-bond donors (Lipinski definition) is 1. The second kappa shape index (κ2) is 8.34. The summed E-state index contributed by atoms with van der Waals surface area (Å²) in [5.41, 5.74) is 0. The number of hydrogen-bond acceptors (Lipinski definition) is 2. The van der Waals surface area contributed by atoms with E-state index in [1.165, 1.54) is 77.4 Å². The molecular formula is C21H40N2. The fourth-order valence-corrected chi connectivity index (χ4v) is 5.08.